The van der Waals surface area contributed by atoms with Crippen molar-refractivity contribution in [2.24, 2.45) is 0 Å². The SMILES string of the molecule is O=C(CSc1nnc(-c2cc(Cl)sc2Cl)c(=O)[nH]1)NCC(F)(F)F. The first kappa shape index (κ1) is 19.0. The third-order valence-corrected chi connectivity index (χ3v) is 4.77. The predicted octanol–water partition coefficient (Wildman–Crippen LogP) is 2.97. The minimum Gasteiger partial charge on any atom is -0.346 e. The Bertz CT molecular complexity index is 809. The van der Waals surface area contributed by atoms with Crippen molar-refractivity contribution in [3.63, 3.8) is 0 Å². The van der Waals surface area contributed by atoms with Crippen molar-refractivity contribution in [3.8, 4) is 11.3 Å². The first-order valence-corrected chi connectivity index (χ1v) is 8.60. The quantitative estimate of drug-likeness (QED) is 0.728. The number of nitrogens with zero attached hydrogens (tertiary/aromatic N) is 2. The molecule has 1 amide bonds. The van der Waals surface area contributed by atoms with Gasteiger partial charge in [0, 0.05) is 5.56 Å². The maximum absolute atomic E-state index is 12.0. The van der Waals surface area contributed by atoms with Gasteiger partial charge >= 0.3 is 6.18 Å². The average molecular weight is 419 g/mol. The molecule has 0 aliphatic heterocycles. The molecule has 0 unspecified atom stereocenters. The van der Waals surface area contributed by atoms with E-state index in [1.807, 2.05) is 0 Å². The van der Waals surface area contributed by atoms with E-state index < -0.39 is 24.2 Å². The van der Waals surface area contributed by atoms with E-state index in [0.717, 1.165) is 23.1 Å². The van der Waals surface area contributed by atoms with Crippen molar-refractivity contribution >= 4 is 52.2 Å². The highest BCUT2D eigenvalue weighted by molar-refractivity contribution is 7.99. The van der Waals surface area contributed by atoms with Gasteiger partial charge in [-0.1, -0.05) is 35.0 Å². The number of aromatic amines is 1. The Balaban J connectivity index is 2.01. The highest BCUT2D eigenvalue weighted by Gasteiger charge is 2.27. The van der Waals surface area contributed by atoms with Crippen LogP contribution in [0.1, 0.15) is 0 Å². The number of amides is 1. The maximum atomic E-state index is 12.0. The third-order valence-electron chi connectivity index (χ3n) is 2.41. The van der Waals surface area contributed by atoms with Crippen LogP contribution >= 0.6 is 46.3 Å². The summed E-state index contributed by atoms with van der Waals surface area (Å²) in [5.41, 5.74) is -0.339. The molecule has 2 rings (SSSR count). The van der Waals surface area contributed by atoms with Crippen LogP contribution in [0.4, 0.5) is 13.2 Å². The highest BCUT2D eigenvalue weighted by Crippen LogP contribution is 2.35. The lowest BCUT2D eigenvalue weighted by Crippen LogP contribution is -2.34. The lowest BCUT2D eigenvalue weighted by molar-refractivity contribution is -0.136. The molecular formula is C11H7Cl2F3N4O2S2. The van der Waals surface area contributed by atoms with E-state index in [1.54, 1.807) is 5.32 Å². The van der Waals surface area contributed by atoms with Crippen LogP contribution in [-0.2, 0) is 4.79 Å². The van der Waals surface area contributed by atoms with Crippen LogP contribution in [0.15, 0.2) is 16.0 Å². The molecule has 0 aliphatic rings. The van der Waals surface area contributed by atoms with E-state index in [-0.39, 0.29) is 20.9 Å². The molecule has 0 atom stereocenters. The second-order valence-corrected chi connectivity index (χ2v) is 7.48. The number of carbonyl (C=O) groups excluding carboxylic acids is 1. The molecule has 0 aliphatic carbocycles. The molecule has 0 saturated heterocycles. The lowest BCUT2D eigenvalue weighted by Gasteiger charge is -2.07. The molecule has 0 spiro atoms. The number of thioether (sulfide) groups is 1. The number of rotatable bonds is 5. The predicted molar refractivity (Wildman–Crippen MR) is 85.8 cm³/mol. The molecule has 0 saturated carbocycles. The Hall–Kier alpha value is -1.30. The number of alkyl halides is 3. The normalized spacial score (nSPS) is 11.5. The van der Waals surface area contributed by atoms with Crippen LogP contribution < -0.4 is 10.9 Å². The van der Waals surface area contributed by atoms with Crippen LogP contribution in [0.2, 0.25) is 8.67 Å². The molecule has 0 bridgehead atoms. The number of carbonyl (C=O) groups is 1. The van der Waals surface area contributed by atoms with Gasteiger partial charge in [-0.2, -0.15) is 13.2 Å². The Morgan fingerprint density at radius 2 is 2.08 bits per heavy atom. The molecule has 2 N–H and O–H groups in total. The number of aromatic nitrogens is 3. The van der Waals surface area contributed by atoms with Gasteiger partial charge in [0.2, 0.25) is 5.91 Å². The zero-order chi connectivity index (χ0) is 17.9. The molecular weight excluding hydrogens is 412 g/mol. The minimum atomic E-state index is -4.49. The topological polar surface area (TPSA) is 87.7 Å². The third kappa shape index (κ3) is 5.36. The summed E-state index contributed by atoms with van der Waals surface area (Å²) in [6, 6.07) is 1.46. The number of thiophene rings is 1. The van der Waals surface area contributed by atoms with Crippen molar-refractivity contribution < 1.29 is 18.0 Å². The number of hydrogen-bond acceptors (Lipinski definition) is 6. The van der Waals surface area contributed by atoms with Gasteiger partial charge in [0.15, 0.2) is 10.9 Å². The van der Waals surface area contributed by atoms with E-state index in [1.165, 1.54) is 6.07 Å². The second kappa shape index (κ2) is 7.72. The zero-order valence-corrected chi connectivity index (χ0v) is 14.6. The lowest BCUT2D eigenvalue weighted by atomic mass is 10.2. The van der Waals surface area contributed by atoms with Gasteiger partial charge < -0.3 is 5.32 Å². The van der Waals surface area contributed by atoms with Gasteiger partial charge in [0.25, 0.3) is 5.56 Å². The summed E-state index contributed by atoms with van der Waals surface area (Å²) in [7, 11) is 0. The van der Waals surface area contributed by atoms with Crippen LogP contribution in [0.3, 0.4) is 0 Å². The van der Waals surface area contributed by atoms with Crippen LogP contribution in [-0.4, -0.2) is 39.6 Å². The zero-order valence-electron chi connectivity index (χ0n) is 11.4. The molecule has 2 aromatic rings. The molecule has 130 valence electrons. The Morgan fingerprint density at radius 3 is 2.62 bits per heavy atom. The van der Waals surface area contributed by atoms with Crippen molar-refractivity contribution in [1.82, 2.24) is 20.5 Å². The molecule has 2 aromatic heterocycles. The van der Waals surface area contributed by atoms with E-state index >= 15 is 0 Å². The molecule has 0 radical (unpaired) electrons. The maximum Gasteiger partial charge on any atom is 0.405 e. The number of halogens is 5. The van der Waals surface area contributed by atoms with Gasteiger partial charge in [-0.05, 0) is 6.07 Å². The van der Waals surface area contributed by atoms with Crippen LogP contribution in [0.5, 0.6) is 0 Å². The van der Waals surface area contributed by atoms with Crippen molar-refractivity contribution in [1.29, 1.82) is 0 Å². The van der Waals surface area contributed by atoms with Gasteiger partial charge in [0.05, 0.1) is 10.1 Å². The fraction of sp³-hybridized carbons (Fsp3) is 0.273. The Kier molecular flexibility index (Phi) is 6.12. The molecule has 6 nitrogen and oxygen atoms in total. The summed E-state index contributed by atoms with van der Waals surface area (Å²) in [5, 5.41) is 9.12. The smallest absolute Gasteiger partial charge is 0.346 e. The summed E-state index contributed by atoms with van der Waals surface area (Å²) in [6.45, 7) is -1.43. The molecule has 0 aromatic carbocycles. The summed E-state index contributed by atoms with van der Waals surface area (Å²) in [4.78, 5) is 25.6. The van der Waals surface area contributed by atoms with E-state index in [2.05, 4.69) is 15.2 Å². The molecule has 2 heterocycles. The summed E-state index contributed by atoms with van der Waals surface area (Å²) >= 11 is 13.5. The summed E-state index contributed by atoms with van der Waals surface area (Å²) in [6.07, 6.45) is -4.49. The van der Waals surface area contributed by atoms with Crippen LogP contribution in [0, 0.1) is 0 Å². The second-order valence-electron chi connectivity index (χ2n) is 4.23. The van der Waals surface area contributed by atoms with E-state index in [4.69, 9.17) is 23.2 Å². The molecule has 13 heteroatoms. The number of nitrogens with one attached hydrogen (secondary N) is 2. The average Bonchev–Trinajstić information content (AvgIpc) is 2.81. The molecule has 0 fully saturated rings. The first-order chi connectivity index (χ1) is 11.2. The van der Waals surface area contributed by atoms with Gasteiger partial charge in [-0.3, -0.25) is 14.6 Å². The summed E-state index contributed by atoms with van der Waals surface area (Å²) < 4.78 is 36.5. The van der Waals surface area contributed by atoms with Gasteiger partial charge in [-0.25, -0.2) is 0 Å². The van der Waals surface area contributed by atoms with Crippen molar-refractivity contribution in [3.05, 3.63) is 25.1 Å². The Labute approximate surface area is 150 Å². The summed E-state index contributed by atoms with van der Waals surface area (Å²) in [5.74, 6) is -1.21. The van der Waals surface area contributed by atoms with Crippen molar-refractivity contribution in [2.45, 2.75) is 11.3 Å². The standard InChI is InChI=1S/C11H7Cl2F3N4O2S2/c12-5-1-4(8(13)24-5)7-9(22)18-10(20-19-7)23-2-6(21)17-3-11(14,15)16/h1H,2-3H2,(H,17,21)(H,18,20,22). The van der Waals surface area contributed by atoms with E-state index in [9.17, 15) is 22.8 Å². The monoisotopic (exact) mass is 418 g/mol. The minimum absolute atomic E-state index is 0.0108. The van der Waals surface area contributed by atoms with Gasteiger partial charge in [-0.15, -0.1) is 21.5 Å². The highest BCUT2D eigenvalue weighted by atomic mass is 35.5. The van der Waals surface area contributed by atoms with Crippen LogP contribution in [0.25, 0.3) is 11.3 Å². The Morgan fingerprint density at radius 1 is 1.38 bits per heavy atom. The van der Waals surface area contributed by atoms with Crippen molar-refractivity contribution in [2.75, 3.05) is 12.3 Å². The number of H-pyrrole nitrogens is 1. The van der Waals surface area contributed by atoms with Gasteiger partial charge in [0.1, 0.15) is 10.9 Å². The van der Waals surface area contributed by atoms with E-state index in [0.29, 0.717) is 9.90 Å². The first-order valence-electron chi connectivity index (χ1n) is 6.04. The number of hydrogen-bond donors (Lipinski definition) is 2. The fourth-order valence-corrected chi connectivity index (χ4v) is 3.55. The fourth-order valence-electron chi connectivity index (χ4n) is 1.45. The molecule has 24 heavy (non-hydrogen) atoms. The largest absolute Gasteiger partial charge is 0.405 e.